The van der Waals surface area contributed by atoms with Crippen LogP contribution in [0.15, 0.2) is 36.5 Å². The lowest BCUT2D eigenvalue weighted by atomic mass is 9.79. The number of rotatable bonds is 10. The van der Waals surface area contributed by atoms with Gasteiger partial charge in [0.15, 0.2) is 6.23 Å². The van der Waals surface area contributed by atoms with Gasteiger partial charge in [-0.15, -0.1) is 11.6 Å². The number of aliphatic hydroxyl groups is 2. The normalized spacial score (nSPS) is 30.4. The Kier molecular flexibility index (Phi) is 9.04. The van der Waals surface area contributed by atoms with Gasteiger partial charge in [0, 0.05) is 12.3 Å². The highest BCUT2D eigenvalue weighted by Crippen LogP contribution is 2.46. The average molecular weight is 548 g/mol. The molecule has 2 heterocycles. The molecule has 1 saturated heterocycles. The lowest BCUT2D eigenvalue weighted by Gasteiger charge is -2.35. The van der Waals surface area contributed by atoms with Crippen LogP contribution in [0.1, 0.15) is 13.8 Å². The first kappa shape index (κ1) is 28.4. The molecule has 4 N–H and O–H groups in total. The SMILES string of the molecule is [B][C@]1(Cl)[C@H](O)[C@@H](COP(=O)(N[C@@H](C)C(=O)OCC)Oc2cccc(F)c2)O[C@H]1N1C=CC(O)NC1=O. The molecule has 196 valence electrons. The molecule has 2 unspecified atom stereocenters. The van der Waals surface area contributed by atoms with Crippen molar-refractivity contribution in [2.75, 3.05) is 13.2 Å². The molecule has 1 aromatic carbocycles. The van der Waals surface area contributed by atoms with Crippen LogP contribution < -0.4 is 14.9 Å². The van der Waals surface area contributed by atoms with E-state index >= 15 is 0 Å². The minimum absolute atomic E-state index is 0.0636. The third-order valence-corrected chi connectivity index (χ3v) is 7.15. The molecule has 7 atom stereocenters. The van der Waals surface area contributed by atoms with Crippen LogP contribution in [0.2, 0.25) is 0 Å². The van der Waals surface area contributed by atoms with E-state index in [1.165, 1.54) is 31.3 Å². The van der Waals surface area contributed by atoms with Gasteiger partial charge < -0.3 is 29.5 Å². The largest absolute Gasteiger partial charge is 0.465 e. The van der Waals surface area contributed by atoms with Crippen molar-refractivity contribution >= 4 is 39.2 Å². The molecule has 0 aliphatic carbocycles. The van der Waals surface area contributed by atoms with Crippen molar-refractivity contribution in [1.29, 1.82) is 0 Å². The van der Waals surface area contributed by atoms with Gasteiger partial charge in [-0.3, -0.25) is 14.2 Å². The number of nitrogens with one attached hydrogen (secondary N) is 2. The molecule has 1 fully saturated rings. The number of halogens is 2. The Hall–Kier alpha value is -2.19. The van der Waals surface area contributed by atoms with Crippen molar-refractivity contribution in [3.8, 4) is 5.75 Å². The molecule has 16 heteroatoms. The molecule has 2 aliphatic heterocycles. The molecule has 0 spiro atoms. The quantitative estimate of drug-likeness (QED) is 0.144. The lowest BCUT2D eigenvalue weighted by Crippen LogP contribution is -2.56. The van der Waals surface area contributed by atoms with Crippen LogP contribution in [0.4, 0.5) is 9.18 Å². The third-order valence-electron chi connectivity index (χ3n) is 5.10. The van der Waals surface area contributed by atoms with Crippen LogP contribution in [0.3, 0.4) is 0 Å². The van der Waals surface area contributed by atoms with Gasteiger partial charge in [-0.2, -0.15) is 5.09 Å². The molecule has 0 saturated carbocycles. The van der Waals surface area contributed by atoms with Gasteiger partial charge in [0.1, 0.15) is 37.8 Å². The maximum absolute atomic E-state index is 13.6. The number of hydrogen-bond donors (Lipinski definition) is 4. The number of carbonyl (C=O) groups is 2. The molecule has 2 aliphatic rings. The minimum Gasteiger partial charge on any atom is -0.465 e. The molecule has 12 nitrogen and oxygen atoms in total. The topological polar surface area (TPSA) is 156 Å². The fraction of sp³-hybridized carbons (Fsp3) is 0.500. The van der Waals surface area contributed by atoms with Crippen molar-refractivity contribution in [3.05, 3.63) is 42.4 Å². The van der Waals surface area contributed by atoms with E-state index in [0.717, 1.165) is 17.0 Å². The number of nitrogens with zero attached hydrogens (tertiary/aromatic N) is 1. The number of alkyl halides is 1. The van der Waals surface area contributed by atoms with Gasteiger partial charge >= 0.3 is 19.7 Å². The molecule has 2 radical (unpaired) electrons. The highest BCUT2D eigenvalue weighted by Gasteiger charge is 2.55. The Bertz CT molecular complexity index is 1050. The second-order valence-corrected chi connectivity index (χ2v) is 10.2. The summed E-state index contributed by atoms with van der Waals surface area (Å²) in [4.78, 5) is 25.2. The Morgan fingerprint density at radius 3 is 2.83 bits per heavy atom. The van der Waals surface area contributed by atoms with Gasteiger partial charge in [-0.25, -0.2) is 13.8 Å². The summed E-state index contributed by atoms with van der Waals surface area (Å²) in [6.45, 7) is 2.36. The molecule has 0 bridgehead atoms. The van der Waals surface area contributed by atoms with Crippen LogP contribution in [-0.2, 0) is 23.4 Å². The van der Waals surface area contributed by atoms with Crippen LogP contribution in [0, 0.1) is 5.82 Å². The molecule has 1 aromatic rings. The number of esters is 1. The number of ether oxygens (including phenoxy) is 2. The van der Waals surface area contributed by atoms with Gasteiger partial charge in [0.2, 0.25) is 0 Å². The highest BCUT2D eigenvalue weighted by molar-refractivity contribution is 7.52. The maximum atomic E-state index is 13.6. The van der Waals surface area contributed by atoms with E-state index in [2.05, 4.69) is 10.4 Å². The third kappa shape index (κ3) is 6.57. The summed E-state index contributed by atoms with van der Waals surface area (Å²) < 4.78 is 46.4. The minimum atomic E-state index is -4.42. The number of amides is 2. The van der Waals surface area contributed by atoms with Crippen molar-refractivity contribution in [3.63, 3.8) is 0 Å². The molecule has 3 rings (SSSR count). The second-order valence-electron chi connectivity index (χ2n) is 7.89. The van der Waals surface area contributed by atoms with Crippen LogP contribution in [0.5, 0.6) is 5.75 Å². The standard InChI is InChI=1S/C20H25BClFN3O9P/c1-3-32-17(29)11(2)25-36(31,35-13-6-4-5-12(23)9-13)33-10-14-16(28)20(21,22)18(34-14)26-8-7-15(27)24-19(26)30/h4-9,11,14-16,18,27-28H,3,10H2,1-2H3,(H,24,30)(H,25,31)/t11-,14+,15?,16+,18+,20-,36?/m0/s1. The predicted molar refractivity (Wildman–Crippen MR) is 124 cm³/mol. The second kappa shape index (κ2) is 11.5. The smallest absolute Gasteiger partial charge is 0.459 e. The lowest BCUT2D eigenvalue weighted by molar-refractivity contribution is -0.144. The number of benzene rings is 1. The van der Waals surface area contributed by atoms with E-state index in [4.69, 9.17) is 38.0 Å². The molecule has 36 heavy (non-hydrogen) atoms. The zero-order valence-corrected chi connectivity index (χ0v) is 20.9. The van der Waals surface area contributed by atoms with E-state index in [-0.39, 0.29) is 12.4 Å². The van der Waals surface area contributed by atoms with Gasteiger partial charge in [0.25, 0.3) is 0 Å². The van der Waals surface area contributed by atoms with Gasteiger partial charge in [-0.1, -0.05) is 6.07 Å². The Morgan fingerprint density at radius 2 is 2.19 bits per heavy atom. The van der Waals surface area contributed by atoms with Crippen LogP contribution in [0.25, 0.3) is 0 Å². The van der Waals surface area contributed by atoms with E-state index < -0.39 is 67.7 Å². The summed E-state index contributed by atoms with van der Waals surface area (Å²) >= 11 is 6.28. The molecule has 2 amide bonds. The molecular formula is C20H25BClFN3O9P. The van der Waals surface area contributed by atoms with Crippen LogP contribution in [-0.4, -0.2) is 83.7 Å². The Balaban J connectivity index is 1.77. The highest BCUT2D eigenvalue weighted by atomic mass is 35.5. The fourth-order valence-electron chi connectivity index (χ4n) is 3.34. The van der Waals surface area contributed by atoms with Crippen molar-refractivity contribution in [2.45, 2.75) is 49.3 Å². The summed E-state index contributed by atoms with van der Waals surface area (Å²) in [5.74, 6) is -1.61. The van der Waals surface area contributed by atoms with Crippen LogP contribution >= 0.6 is 19.3 Å². The number of aliphatic hydroxyl groups excluding tert-OH is 2. The first-order valence-corrected chi connectivity index (χ1v) is 12.7. The molecular weight excluding hydrogens is 522 g/mol. The number of carbonyl (C=O) groups excluding carboxylic acids is 2. The Morgan fingerprint density at radius 1 is 1.47 bits per heavy atom. The van der Waals surface area contributed by atoms with E-state index in [0.29, 0.717) is 0 Å². The summed E-state index contributed by atoms with van der Waals surface area (Å²) in [6.07, 6.45) is -3.22. The first-order chi connectivity index (χ1) is 16.9. The van der Waals surface area contributed by atoms with E-state index in [1.807, 2.05) is 0 Å². The van der Waals surface area contributed by atoms with E-state index in [9.17, 15) is 28.8 Å². The zero-order valence-electron chi connectivity index (χ0n) is 19.2. The number of urea groups is 1. The number of hydrogen-bond acceptors (Lipinski definition) is 9. The predicted octanol–water partition coefficient (Wildman–Crippen LogP) is 0.917. The molecule has 0 aromatic heterocycles. The zero-order chi connectivity index (χ0) is 26.7. The average Bonchev–Trinajstić information content (AvgIpc) is 3.01. The summed E-state index contributed by atoms with van der Waals surface area (Å²) in [5, 5.41) is 24.7. The first-order valence-electron chi connectivity index (χ1n) is 10.8. The monoisotopic (exact) mass is 547 g/mol. The van der Waals surface area contributed by atoms with Crippen molar-refractivity contribution in [1.82, 2.24) is 15.3 Å². The van der Waals surface area contributed by atoms with Gasteiger partial charge in [-0.05, 0) is 32.1 Å². The Labute approximate surface area is 212 Å². The summed E-state index contributed by atoms with van der Waals surface area (Å²) in [5.41, 5.74) is 0. The van der Waals surface area contributed by atoms with Crippen molar-refractivity contribution < 1.29 is 47.3 Å². The maximum Gasteiger partial charge on any atom is 0.459 e. The van der Waals surface area contributed by atoms with Gasteiger partial charge in [0.05, 0.1) is 24.1 Å². The fourth-order valence-corrected chi connectivity index (χ4v) is 5.13. The van der Waals surface area contributed by atoms with E-state index in [1.54, 1.807) is 6.92 Å². The van der Waals surface area contributed by atoms with Crippen molar-refractivity contribution in [2.24, 2.45) is 0 Å². The summed E-state index contributed by atoms with van der Waals surface area (Å²) in [7, 11) is 1.59. The summed E-state index contributed by atoms with van der Waals surface area (Å²) in [6, 6.07) is 2.74.